The number of ether oxygens (including phenoxy) is 3. The fraction of sp³-hybridized carbons (Fsp3) is 0.250. The van der Waals surface area contributed by atoms with Crippen LogP contribution in [0.3, 0.4) is 0 Å². The van der Waals surface area contributed by atoms with Gasteiger partial charge >= 0.3 is 0 Å². The number of halogens is 1. The van der Waals surface area contributed by atoms with Gasteiger partial charge in [-0.05, 0) is 24.3 Å². The summed E-state index contributed by atoms with van der Waals surface area (Å²) in [6.45, 7) is 1.74. The smallest absolute Gasteiger partial charge is 0.163 e. The molecule has 5 heteroatoms. The Morgan fingerprint density at radius 2 is 1.95 bits per heavy atom. The molecule has 0 aliphatic carbocycles. The van der Waals surface area contributed by atoms with Crippen molar-refractivity contribution in [1.82, 2.24) is 0 Å². The molecule has 0 saturated carbocycles. The predicted molar refractivity (Wildman–Crippen MR) is 82.8 cm³/mol. The van der Waals surface area contributed by atoms with Gasteiger partial charge in [0.25, 0.3) is 0 Å². The molecule has 1 aliphatic heterocycles. The average Bonchev–Trinajstić information content (AvgIpc) is 2.53. The Hall–Kier alpha value is -2.07. The molecule has 0 unspecified atom stereocenters. The monoisotopic (exact) mass is 305 g/mol. The Kier molecular flexibility index (Phi) is 4.06. The molecule has 0 atom stereocenters. The second-order valence-electron chi connectivity index (χ2n) is 4.63. The number of fused-ring (bicyclic) bond motifs is 1. The van der Waals surface area contributed by atoms with E-state index in [1.165, 1.54) is 0 Å². The first kappa shape index (κ1) is 13.9. The molecule has 1 aliphatic rings. The SMILES string of the molecule is COc1cccc(Cl)c1CNc1ccc2c(c1)OCCO2. The number of hydrogen-bond acceptors (Lipinski definition) is 4. The lowest BCUT2D eigenvalue weighted by Gasteiger charge is -2.19. The van der Waals surface area contributed by atoms with E-state index >= 15 is 0 Å². The summed E-state index contributed by atoms with van der Waals surface area (Å²) in [4.78, 5) is 0. The van der Waals surface area contributed by atoms with Crippen LogP contribution in [0.2, 0.25) is 5.02 Å². The van der Waals surface area contributed by atoms with Gasteiger partial charge in [-0.15, -0.1) is 0 Å². The number of benzene rings is 2. The van der Waals surface area contributed by atoms with Crippen molar-refractivity contribution in [2.45, 2.75) is 6.54 Å². The molecule has 110 valence electrons. The van der Waals surface area contributed by atoms with Crippen LogP contribution in [0.15, 0.2) is 36.4 Å². The number of nitrogens with one attached hydrogen (secondary N) is 1. The highest BCUT2D eigenvalue weighted by Crippen LogP contribution is 2.33. The van der Waals surface area contributed by atoms with Crippen molar-refractivity contribution in [2.24, 2.45) is 0 Å². The van der Waals surface area contributed by atoms with Crippen LogP contribution < -0.4 is 19.5 Å². The fourth-order valence-corrected chi connectivity index (χ4v) is 2.48. The molecule has 4 nitrogen and oxygen atoms in total. The summed E-state index contributed by atoms with van der Waals surface area (Å²) >= 11 is 6.23. The molecule has 3 rings (SSSR count). The van der Waals surface area contributed by atoms with Gasteiger partial charge in [-0.1, -0.05) is 17.7 Å². The molecule has 0 amide bonds. The van der Waals surface area contributed by atoms with Crippen molar-refractivity contribution in [3.63, 3.8) is 0 Å². The van der Waals surface area contributed by atoms with E-state index in [1.54, 1.807) is 7.11 Å². The molecule has 0 saturated heterocycles. The van der Waals surface area contributed by atoms with Crippen LogP contribution in [0.4, 0.5) is 5.69 Å². The fourth-order valence-electron chi connectivity index (χ4n) is 2.25. The minimum atomic E-state index is 0.572. The van der Waals surface area contributed by atoms with Crippen LogP contribution in [0.25, 0.3) is 0 Å². The van der Waals surface area contributed by atoms with Crippen molar-refractivity contribution in [1.29, 1.82) is 0 Å². The van der Waals surface area contributed by atoms with Crippen molar-refractivity contribution in [3.05, 3.63) is 47.0 Å². The van der Waals surface area contributed by atoms with Gasteiger partial charge in [-0.2, -0.15) is 0 Å². The zero-order chi connectivity index (χ0) is 14.7. The molecule has 1 N–H and O–H groups in total. The Morgan fingerprint density at radius 1 is 1.14 bits per heavy atom. The van der Waals surface area contributed by atoms with E-state index in [2.05, 4.69) is 5.32 Å². The molecule has 0 spiro atoms. The van der Waals surface area contributed by atoms with Gasteiger partial charge in [-0.25, -0.2) is 0 Å². The van der Waals surface area contributed by atoms with Gasteiger partial charge in [0, 0.05) is 28.9 Å². The molecule has 0 bridgehead atoms. The maximum absolute atomic E-state index is 6.23. The largest absolute Gasteiger partial charge is 0.496 e. The Labute approximate surface area is 128 Å². The maximum Gasteiger partial charge on any atom is 0.163 e. The first-order chi connectivity index (χ1) is 10.3. The van der Waals surface area contributed by atoms with E-state index in [9.17, 15) is 0 Å². The first-order valence-corrected chi connectivity index (χ1v) is 7.10. The maximum atomic E-state index is 6.23. The summed E-state index contributed by atoms with van der Waals surface area (Å²) in [5.74, 6) is 2.31. The quantitative estimate of drug-likeness (QED) is 0.934. The van der Waals surface area contributed by atoms with Gasteiger partial charge in [0.05, 0.1) is 7.11 Å². The molecule has 2 aromatic rings. The summed E-state index contributed by atoms with van der Waals surface area (Å²) in [7, 11) is 1.64. The van der Waals surface area contributed by atoms with Crippen LogP contribution >= 0.6 is 11.6 Å². The van der Waals surface area contributed by atoms with Crippen molar-refractivity contribution in [3.8, 4) is 17.2 Å². The zero-order valence-electron chi connectivity index (χ0n) is 11.7. The topological polar surface area (TPSA) is 39.7 Å². The van der Waals surface area contributed by atoms with Crippen LogP contribution in [0.5, 0.6) is 17.2 Å². The molecule has 0 fully saturated rings. The van der Waals surface area contributed by atoms with Crippen LogP contribution in [-0.4, -0.2) is 20.3 Å². The van der Waals surface area contributed by atoms with E-state index in [4.69, 9.17) is 25.8 Å². The molecule has 1 heterocycles. The summed E-state index contributed by atoms with van der Waals surface area (Å²) in [5.41, 5.74) is 1.87. The van der Waals surface area contributed by atoms with E-state index in [0.29, 0.717) is 24.8 Å². The molecule has 21 heavy (non-hydrogen) atoms. The number of anilines is 1. The van der Waals surface area contributed by atoms with Crippen LogP contribution in [-0.2, 0) is 6.54 Å². The van der Waals surface area contributed by atoms with Crippen molar-refractivity contribution >= 4 is 17.3 Å². The minimum Gasteiger partial charge on any atom is -0.496 e. The second kappa shape index (κ2) is 6.14. The molecular weight excluding hydrogens is 290 g/mol. The summed E-state index contributed by atoms with van der Waals surface area (Å²) in [6.07, 6.45) is 0. The second-order valence-corrected chi connectivity index (χ2v) is 5.04. The van der Waals surface area contributed by atoms with Gasteiger partial charge in [0.15, 0.2) is 11.5 Å². The van der Waals surface area contributed by atoms with Gasteiger partial charge in [-0.3, -0.25) is 0 Å². The molecule has 0 radical (unpaired) electrons. The lowest BCUT2D eigenvalue weighted by molar-refractivity contribution is 0.171. The minimum absolute atomic E-state index is 0.572. The average molecular weight is 306 g/mol. The number of methoxy groups -OCH3 is 1. The lowest BCUT2D eigenvalue weighted by Crippen LogP contribution is -2.15. The number of rotatable bonds is 4. The zero-order valence-corrected chi connectivity index (χ0v) is 12.4. The molecular formula is C16H16ClNO3. The summed E-state index contributed by atoms with van der Waals surface area (Å²) in [5, 5.41) is 4.01. The van der Waals surface area contributed by atoms with E-state index < -0.39 is 0 Å². The van der Waals surface area contributed by atoms with Gasteiger partial charge in [0.1, 0.15) is 19.0 Å². The summed E-state index contributed by atoms with van der Waals surface area (Å²) in [6, 6.07) is 11.4. The third-order valence-corrected chi connectivity index (χ3v) is 3.66. The molecule has 0 aromatic heterocycles. The third-order valence-electron chi connectivity index (χ3n) is 3.31. The third kappa shape index (κ3) is 3.00. The number of hydrogen-bond donors (Lipinski definition) is 1. The Balaban J connectivity index is 1.76. The highest BCUT2D eigenvalue weighted by molar-refractivity contribution is 6.31. The standard InChI is InChI=1S/C16H16ClNO3/c1-19-14-4-2-3-13(17)12(14)10-18-11-5-6-15-16(9-11)21-8-7-20-15/h2-6,9,18H,7-8,10H2,1H3. The normalized spacial score (nSPS) is 12.9. The highest BCUT2D eigenvalue weighted by atomic mass is 35.5. The predicted octanol–water partition coefficient (Wildman–Crippen LogP) is 3.73. The van der Waals surface area contributed by atoms with Crippen LogP contribution in [0.1, 0.15) is 5.56 Å². The van der Waals surface area contributed by atoms with Crippen LogP contribution in [0, 0.1) is 0 Å². The van der Waals surface area contributed by atoms with E-state index in [-0.39, 0.29) is 0 Å². The highest BCUT2D eigenvalue weighted by Gasteiger charge is 2.12. The van der Waals surface area contributed by atoms with E-state index in [0.717, 1.165) is 28.5 Å². The molecule has 2 aromatic carbocycles. The van der Waals surface area contributed by atoms with Gasteiger partial charge in [0.2, 0.25) is 0 Å². The van der Waals surface area contributed by atoms with Crippen molar-refractivity contribution < 1.29 is 14.2 Å². The Morgan fingerprint density at radius 3 is 2.76 bits per heavy atom. The summed E-state index contributed by atoms with van der Waals surface area (Å²) < 4.78 is 16.4. The van der Waals surface area contributed by atoms with Crippen molar-refractivity contribution in [2.75, 3.05) is 25.6 Å². The van der Waals surface area contributed by atoms with Gasteiger partial charge < -0.3 is 19.5 Å². The lowest BCUT2D eigenvalue weighted by atomic mass is 10.2. The first-order valence-electron chi connectivity index (χ1n) is 6.73. The van der Waals surface area contributed by atoms with E-state index in [1.807, 2.05) is 36.4 Å². The Bertz CT molecular complexity index is 645.